The molecule has 0 saturated carbocycles. The molecule has 388 valence electrons. The number of nitrogens with two attached hydrogens (primary N) is 1. The zero-order chi connectivity index (χ0) is 53.0. The van der Waals surface area contributed by atoms with Crippen LogP contribution in [0.15, 0.2) is 24.3 Å². The maximum atomic E-state index is 14.0. The zero-order valence-corrected chi connectivity index (χ0v) is 40.8. The Morgan fingerprint density at radius 3 is 1.32 bits per heavy atom. The number of hydrogen-bond acceptors (Lipinski definition) is 14. The molecule has 0 fully saturated rings. The number of hydrogen-bond donors (Lipinski definition) is 14. The fourth-order valence-electron chi connectivity index (χ4n) is 6.65. The van der Waals surface area contributed by atoms with E-state index in [0.29, 0.717) is 5.56 Å². The highest BCUT2D eigenvalue weighted by molar-refractivity contribution is 5.99. The largest absolute Gasteiger partial charge is 0.508 e. The Kier molecular flexibility index (Phi) is 25.3. The molecule has 1 aromatic rings. The molecule has 0 aromatic heterocycles. The Bertz CT molecular complexity index is 1940. The van der Waals surface area contributed by atoms with Gasteiger partial charge in [0.2, 0.25) is 47.3 Å². The second-order valence-corrected chi connectivity index (χ2v) is 18.5. The molecular formula is C45H73N9O15. The van der Waals surface area contributed by atoms with Crippen LogP contribution in [0.2, 0.25) is 0 Å². The summed E-state index contributed by atoms with van der Waals surface area (Å²) < 4.78 is 0. The molecular weight excluding hydrogens is 907 g/mol. The maximum Gasteiger partial charge on any atom is 0.326 e. The Hall–Kier alpha value is -6.40. The van der Waals surface area contributed by atoms with Crippen LogP contribution in [0.3, 0.4) is 0 Å². The van der Waals surface area contributed by atoms with E-state index in [1.807, 2.05) is 0 Å². The first kappa shape index (κ1) is 60.6. The summed E-state index contributed by atoms with van der Waals surface area (Å²) in [7, 11) is 0. The smallest absolute Gasteiger partial charge is 0.326 e. The Labute approximate surface area is 401 Å². The lowest BCUT2D eigenvalue weighted by Gasteiger charge is -2.30. The van der Waals surface area contributed by atoms with Gasteiger partial charge in [-0.25, -0.2) is 4.79 Å². The minimum atomic E-state index is -1.85. The van der Waals surface area contributed by atoms with Gasteiger partial charge in [0.25, 0.3) is 0 Å². The van der Waals surface area contributed by atoms with Crippen LogP contribution in [0, 0.1) is 23.7 Å². The molecule has 15 N–H and O–H groups in total. The summed E-state index contributed by atoms with van der Waals surface area (Å²) in [5, 5.41) is 68.6. The summed E-state index contributed by atoms with van der Waals surface area (Å²) in [6.07, 6.45) is -2.62. The fourth-order valence-corrected chi connectivity index (χ4v) is 6.65. The monoisotopic (exact) mass is 980 g/mol. The van der Waals surface area contributed by atoms with Gasteiger partial charge in [0.15, 0.2) is 0 Å². The highest BCUT2D eigenvalue weighted by atomic mass is 16.4. The number of nitrogens with one attached hydrogen (secondary N) is 8. The third kappa shape index (κ3) is 21.2. The first-order chi connectivity index (χ1) is 32.0. The molecule has 24 heteroatoms. The average Bonchev–Trinajstić information content (AvgIpc) is 3.23. The van der Waals surface area contributed by atoms with Crippen molar-refractivity contribution in [2.24, 2.45) is 29.4 Å². The summed E-state index contributed by atoms with van der Waals surface area (Å²) in [5.74, 6) is -12.5. The van der Waals surface area contributed by atoms with Crippen LogP contribution in [0.5, 0.6) is 5.75 Å². The van der Waals surface area contributed by atoms with Gasteiger partial charge >= 0.3 is 11.9 Å². The molecule has 8 amide bonds. The van der Waals surface area contributed by atoms with Gasteiger partial charge < -0.3 is 73.8 Å². The number of phenolic OH excluding ortho intramolecular Hbond substituents is 1. The predicted molar refractivity (Wildman–Crippen MR) is 248 cm³/mol. The van der Waals surface area contributed by atoms with Crippen molar-refractivity contribution in [1.29, 1.82) is 0 Å². The summed E-state index contributed by atoms with van der Waals surface area (Å²) in [4.78, 5) is 131. The number of carbonyl (C=O) groups is 10. The Morgan fingerprint density at radius 2 is 0.870 bits per heavy atom. The summed E-state index contributed by atoms with van der Waals surface area (Å²) in [5.41, 5.74) is 6.13. The number of benzene rings is 1. The number of carboxylic acids is 2. The lowest BCUT2D eigenvalue weighted by Crippen LogP contribution is -2.63. The summed E-state index contributed by atoms with van der Waals surface area (Å²) in [6.45, 7) is 14.6. The normalized spacial score (nSPS) is 15.7. The molecule has 0 unspecified atom stereocenters. The van der Waals surface area contributed by atoms with Crippen LogP contribution >= 0.6 is 0 Å². The molecule has 0 aliphatic carbocycles. The predicted octanol–water partition coefficient (Wildman–Crippen LogP) is -2.50. The van der Waals surface area contributed by atoms with Gasteiger partial charge in [-0.2, -0.15) is 0 Å². The number of carbonyl (C=O) groups excluding carboxylic acids is 8. The van der Waals surface area contributed by atoms with Crippen LogP contribution in [0.4, 0.5) is 0 Å². The second kappa shape index (κ2) is 28.8. The molecule has 69 heavy (non-hydrogen) atoms. The number of aliphatic hydroxyl groups excluding tert-OH is 2. The Balaban J connectivity index is 3.38. The first-order valence-electron chi connectivity index (χ1n) is 22.7. The molecule has 0 radical (unpaired) electrons. The van der Waals surface area contributed by atoms with Crippen molar-refractivity contribution in [1.82, 2.24) is 42.5 Å². The van der Waals surface area contributed by atoms with Gasteiger partial charge in [0.1, 0.15) is 54.1 Å². The highest BCUT2D eigenvalue weighted by Crippen LogP contribution is 2.14. The van der Waals surface area contributed by atoms with Gasteiger partial charge in [0, 0.05) is 6.42 Å². The van der Waals surface area contributed by atoms with Crippen molar-refractivity contribution in [3.63, 3.8) is 0 Å². The van der Waals surface area contributed by atoms with Crippen molar-refractivity contribution in [2.45, 2.75) is 155 Å². The van der Waals surface area contributed by atoms with E-state index in [-0.39, 0.29) is 36.8 Å². The van der Waals surface area contributed by atoms with Crippen molar-refractivity contribution in [3.8, 4) is 5.75 Å². The van der Waals surface area contributed by atoms with Gasteiger partial charge in [-0.3, -0.25) is 43.2 Å². The molecule has 0 heterocycles. The number of carboxylic acid groups (broad SMARTS) is 2. The maximum absolute atomic E-state index is 14.0. The number of aliphatic carboxylic acids is 2. The first-order valence-corrected chi connectivity index (χ1v) is 22.7. The standard InChI is InChI=1S/C45H73N9O15/c1-20(2)15-28(47-37(60)24(9)46)38(61)48-29(17-26-11-13-27(57)14-12-26)39(62)49-30(18-33(58)59)40(63)52-35(23(7)8)43(66)53-34(22(5)6)42(65)51-32(19-55)41(64)54-36(25(10)56)44(67)50-31(45(68)69)16-21(3)4/h11-14,20-25,28-32,34-36,55-57H,15-19,46H2,1-10H3,(H,47,60)(H,48,61)(H,49,62)(H,50,67)(H,51,65)(H,52,63)(H,53,66)(H,54,64)(H,58,59)(H,68,69)/t24-,25+,28-,29-,30-,31-,32-,34-,35-,36-/m0/s1. The Morgan fingerprint density at radius 1 is 0.493 bits per heavy atom. The number of phenols is 1. The van der Waals surface area contributed by atoms with Gasteiger partial charge in [-0.1, -0.05) is 67.5 Å². The minimum absolute atomic E-state index is 0.0311. The number of rotatable bonds is 29. The molecule has 1 rings (SSSR count). The van der Waals surface area contributed by atoms with Crippen LogP contribution in [-0.2, 0) is 54.4 Å². The molecule has 0 aliphatic rings. The van der Waals surface area contributed by atoms with Crippen molar-refractivity contribution in [3.05, 3.63) is 29.8 Å². The summed E-state index contributed by atoms with van der Waals surface area (Å²) >= 11 is 0. The lowest BCUT2D eigenvalue weighted by atomic mass is 9.98. The molecule has 0 saturated heterocycles. The van der Waals surface area contributed by atoms with E-state index < -0.39 is 145 Å². The van der Waals surface area contributed by atoms with Gasteiger partial charge in [0.05, 0.1) is 25.2 Å². The van der Waals surface area contributed by atoms with Crippen LogP contribution < -0.4 is 48.3 Å². The van der Waals surface area contributed by atoms with Gasteiger partial charge in [-0.05, 0) is 68.1 Å². The van der Waals surface area contributed by atoms with Crippen LogP contribution in [-0.4, -0.2) is 152 Å². The van der Waals surface area contributed by atoms with E-state index in [1.165, 1.54) is 58.9 Å². The van der Waals surface area contributed by atoms with Crippen LogP contribution in [0.1, 0.15) is 94.1 Å². The molecule has 0 bridgehead atoms. The topological polar surface area (TPSA) is 394 Å². The second-order valence-electron chi connectivity index (χ2n) is 18.5. The molecule has 10 atom stereocenters. The van der Waals surface area contributed by atoms with E-state index in [0.717, 1.165) is 6.92 Å². The SMILES string of the molecule is CC(C)C[C@H](NC(=O)[C@@H](NC(=O)[C@H](CO)NC(=O)[C@@H](NC(=O)[C@@H](NC(=O)[C@H](CC(=O)O)NC(=O)[C@H](Cc1ccc(O)cc1)NC(=O)[C@H](CC(C)C)NC(=O)[C@H](C)N)C(C)C)C(C)C)[C@@H](C)O)C(=O)O. The van der Waals surface area contributed by atoms with Gasteiger partial charge in [-0.15, -0.1) is 0 Å². The molecule has 1 aromatic carbocycles. The minimum Gasteiger partial charge on any atom is -0.508 e. The lowest BCUT2D eigenvalue weighted by molar-refractivity contribution is -0.143. The van der Waals surface area contributed by atoms with E-state index >= 15 is 0 Å². The highest BCUT2D eigenvalue weighted by Gasteiger charge is 2.37. The van der Waals surface area contributed by atoms with Crippen LogP contribution in [0.25, 0.3) is 0 Å². The summed E-state index contributed by atoms with van der Waals surface area (Å²) in [6, 6.07) is -7.63. The fraction of sp³-hybridized carbons (Fsp3) is 0.644. The zero-order valence-electron chi connectivity index (χ0n) is 40.8. The van der Waals surface area contributed by atoms with Crippen molar-refractivity contribution in [2.75, 3.05) is 6.61 Å². The van der Waals surface area contributed by atoms with E-state index in [4.69, 9.17) is 5.73 Å². The number of aromatic hydroxyl groups is 1. The van der Waals surface area contributed by atoms with Crippen molar-refractivity contribution < 1.29 is 73.5 Å². The molecule has 0 aliphatic heterocycles. The molecule has 24 nitrogen and oxygen atoms in total. The third-order valence-electron chi connectivity index (χ3n) is 10.5. The average molecular weight is 980 g/mol. The quantitative estimate of drug-likeness (QED) is 0.0394. The van der Waals surface area contributed by atoms with E-state index in [2.05, 4.69) is 42.5 Å². The van der Waals surface area contributed by atoms with E-state index in [1.54, 1.807) is 27.7 Å². The number of amides is 8. The van der Waals surface area contributed by atoms with E-state index in [9.17, 15) is 73.5 Å². The third-order valence-corrected chi connectivity index (χ3v) is 10.5. The van der Waals surface area contributed by atoms with Crippen molar-refractivity contribution >= 4 is 59.2 Å². The molecule has 0 spiro atoms. The number of aliphatic hydroxyl groups is 2.